The van der Waals surface area contributed by atoms with E-state index in [1.165, 1.54) is 0 Å². The molecule has 0 aromatic rings. The Labute approximate surface area is 88.4 Å². The van der Waals surface area contributed by atoms with Crippen molar-refractivity contribution < 1.29 is 4.52 Å². The van der Waals surface area contributed by atoms with Crippen molar-refractivity contribution in [2.45, 2.75) is 0 Å². The van der Waals surface area contributed by atoms with Gasteiger partial charge >= 0.3 is 7.94 Å². The molecule has 0 N–H and O–H groups in total. The Hall–Kier alpha value is -0.170. The minimum absolute atomic E-state index is 0.336. The zero-order valence-corrected chi connectivity index (χ0v) is 10.9. The van der Waals surface area contributed by atoms with Crippen molar-refractivity contribution in [3.8, 4) is 12.3 Å². The molecule has 0 bridgehead atoms. The van der Waals surface area contributed by atoms with Crippen LogP contribution < -0.4 is 0 Å². The third kappa shape index (κ3) is 2.66. The first-order chi connectivity index (χ1) is 6.39. The summed E-state index contributed by atoms with van der Waals surface area (Å²) in [5.41, 5.74) is 0. The summed E-state index contributed by atoms with van der Waals surface area (Å²) < 4.78 is 12.1. The second kappa shape index (κ2) is 5.65. The molecule has 0 saturated carbocycles. The smallest absolute Gasteiger partial charge is 0.168 e. The number of terminal acetylenes is 1. The van der Waals surface area contributed by atoms with Crippen LogP contribution in [-0.2, 0) is 4.52 Å². The summed E-state index contributed by atoms with van der Waals surface area (Å²) in [6.07, 6.45) is 5.22. The van der Waals surface area contributed by atoms with Gasteiger partial charge in [-0.1, -0.05) is 5.92 Å². The van der Waals surface area contributed by atoms with Gasteiger partial charge in [-0.25, -0.2) is 0 Å². The Morgan fingerprint density at radius 3 is 1.57 bits per heavy atom. The summed E-state index contributed by atoms with van der Waals surface area (Å²) in [6, 6.07) is 0. The van der Waals surface area contributed by atoms with Crippen molar-refractivity contribution in [3.05, 3.63) is 0 Å². The van der Waals surface area contributed by atoms with Gasteiger partial charge in [0.15, 0.2) is 6.61 Å². The Kier molecular flexibility index (Phi) is 5.58. The molecule has 14 heavy (non-hydrogen) atoms. The van der Waals surface area contributed by atoms with Crippen LogP contribution in [0.15, 0.2) is 0 Å². The van der Waals surface area contributed by atoms with Gasteiger partial charge in [0, 0.05) is 42.3 Å². The van der Waals surface area contributed by atoms with Gasteiger partial charge in [0.05, 0.1) is 0 Å². The molecule has 82 valence electrons. The van der Waals surface area contributed by atoms with E-state index in [1.807, 2.05) is 42.3 Å². The molecule has 0 amide bonds. The van der Waals surface area contributed by atoms with Gasteiger partial charge in [-0.05, 0) is 0 Å². The predicted molar refractivity (Wildman–Crippen MR) is 62.8 cm³/mol. The first-order valence-electron chi connectivity index (χ1n) is 4.40. The summed E-state index contributed by atoms with van der Waals surface area (Å²) in [5, 5.41) is 0. The lowest BCUT2D eigenvalue weighted by Crippen LogP contribution is -2.37. The molecule has 0 aliphatic heterocycles. The summed E-state index contributed by atoms with van der Waals surface area (Å²) in [5.74, 6) is 2.51. The number of hydrogen-bond acceptors (Lipinski definition) is 4. The van der Waals surface area contributed by atoms with Crippen LogP contribution in [0.4, 0.5) is 0 Å². The topological polar surface area (TPSA) is 19.0 Å². The zero-order valence-electron chi connectivity index (χ0n) is 9.98. The van der Waals surface area contributed by atoms with E-state index in [0.717, 1.165) is 0 Å². The fourth-order valence-electron chi connectivity index (χ4n) is 1.54. The monoisotopic (exact) mass is 218 g/mol. The fraction of sp³-hybridized carbons (Fsp3) is 0.778. The van der Waals surface area contributed by atoms with E-state index in [4.69, 9.17) is 10.9 Å². The zero-order chi connectivity index (χ0) is 11.4. The lowest BCUT2D eigenvalue weighted by atomic mass is 10.8. The predicted octanol–water partition coefficient (Wildman–Crippen LogP) is 0.999. The van der Waals surface area contributed by atoms with E-state index in [1.54, 1.807) is 0 Å². The molecule has 0 saturated heterocycles. The van der Waals surface area contributed by atoms with Crippen LogP contribution in [0.5, 0.6) is 0 Å². The Morgan fingerprint density at radius 1 is 1.00 bits per heavy atom. The third-order valence-electron chi connectivity index (χ3n) is 1.88. The molecular weight excluding hydrogens is 197 g/mol. The molecule has 0 rings (SSSR count). The first-order valence-corrected chi connectivity index (χ1v) is 5.96. The summed E-state index contributed by atoms with van der Waals surface area (Å²) in [4.78, 5) is 0. The van der Waals surface area contributed by atoms with Gasteiger partial charge < -0.3 is 0 Å². The highest BCUT2D eigenvalue weighted by molar-refractivity contribution is 7.64. The molecule has 0 aliphatic carbocycles. The van der Waals surface area contributed by atoms with Crippen molar-refractivity contribution in [1.29, 1.82) is 0 Å². The van der Waals surface area contributed by atoms with Crippen molar-refractivity contribution in [2.24, 2.45) is 0 Å². The highest BCUT2D eigenvalue weighted by Crippen LogP contribution is 2.64. The van der Waals surface area contributed by atoms with E-state index in [9.17, 15) is 0 Å². The molecule has 0 radical (unpaired) electrons. The standard InChI is InChI=1S/C9H21N3OP/c1-8-9-13-14(10(2)3,11(4)5)12(6)7/h1H,9H2,2-7H3/q+1. The summed E-state index contributed by atoms with van der Waals surface area (Å²) >= 11 is 0. The first kappa shape index (κ1) is 13.8. The van der Waals surface area contributed by atoms with Crippen molar-refractivity contribution in [2.75, 3.05) is 48.9 Å². The Balaban J connectivity index is 4.87. The largest absolute Gasteiger partial charge is 0.370 e. The maximum Gasteiger partial charge on any atom is 0.370 e. The number of nitrogens with zero attached hydrogens (tertiary/aromatic N) is 3. The molecule has 0 aromatic heterocycles. The average molecular weight is 218 g/mol. The molecule has 0 unspecified atom stereocenters. The van der Waals surface area contributed by atoms with E-state index in [0.29, 0.717) is 6.61 Å². The summed E-state index contributed by atoms with van der Waals surface area (Å²) in [7, 11) is 10.2. The Bertz CT molecular complexity index is 189. The lowest BCUT2D eigenvalue weighted by molar-refractivity contribution is 0.268. The molecule has 0 fully saturated rings. The molecule has 0 aliphatic rings. The van der Waals surface area contributed by atoms with Crippen molar-refractivity contribution in [3.63, 3.8) is 0 Å². The summed E-state index contributed by atoms with van der Waals surface area (Å²) in [6.45, 7) is 0.336. The van der Waals surface area contributed by atoms with Gasteiger partial charge in [-0.3, -0.25) is 0 Å². The van der Waals surface area contributed by atoms with E-state index in [-0.39, 0.29) is 0 Å². The molecule has 0 heterocycles. The average Bonchev–Trinajstić information content (AvgIpc) is 2.03. The van der Waals surface area contributed by atoms with Crippen LogP contribution in [0, 0.1) is 12.3 Å². The van der Waals surface area contributed by atoms with Crippen molar-refractivity contribution >= 4 is 7.94 Å². The minimum Gasteiger partial charge on any atom is -0.168 e. The minimum atomic E-state index is -1.87. The molecular formula is C9H21N3OP+. The van der Waals surface area contributed by atoms with E-state index >= 15 is 0 Å². The highest BCUT2D eigenvalue weighted by atomic mass is 31.2. The van der Waals surface area contributed by atoms with Gasteiger partial charge in [-0.15, -0.1) is 20.4 Å². The fourth-order valence-corrected chi connectivity index (χ4v) is 4.63. The normalized spacial score (nSPS) is 12.6. The number of hydrogen-bond donors (Lipinski definition) is 0. The molecule has 0 aromatic carbocycles. The van der Waals surface area contributed by atoms with Crippen molar-refractivity contribution in [1.82, 2.24) is 14.0 Å². The van der Waals surface area contributed by atoms with Crippen LogP contribution in [-0.4, -0.2) is 62.9 Å². The van der Waals surface area contributed by atoms with E-state index < -0.39 is 7.94 Å². The molecule has 0 spiro atoms. The lowest BCUT2D eigenvalue weighted by Gasteiger charge is -2.36. The molecule has 5 heteroatoms. The maximum atomic E-state index is 5.82. The van der Waals surface area contributed by atoms with Crippen LogP contribution in [0.2, 0.25) is 0 Å². The van der Waals surface area contributed by atoms with Crippen LogP contribution in [0.1, 0.15) is 0 Å². The maximum absolute atomic E-state index is 5.82. The Morgan fingerprint density at radius 2 is 1.36 bits per heavy atom. The third-order valence-corrected chi connectivity index (χ3v) is 5.49. The molecule has 0 atom stereocenters. The van der Waals surface area contributed by atoms with Crippen LogP contribution in [0.25, 0.3) is 0 Å². The SMILES string of the molecule is C#CCO[P+](N(C)C)(N(C)C)N(C)C. The number of rotatable bonds is 5. The van der Waals surface area contributed by atoms with Gasteiger partial charge in [0.25, 0.3) is 0 Å². The van der Waals surface area contributed by atoms with Gasteiger partial charge in [0.2, 0.25) is 0 Å². The quantitative estimate of drug-likeness (QED) is 0.506. The van der Waals surface area contributed by atoms with E-state index in [2.05, 4.69) is 19.9 Å². The second-order valence-electron chi connectivity index (χ2n) is 3.53. The highest BCUT2D eigenvalue weighted by Gasteiger charge is 2.50. The molecule has 4 nitrogen and oxygen atoms in total. The van der Waals surface area contributed by atoms with Crippen LogP contribution >= 0.6 is 7.94 Å². The van der Waals surface area contributed by atoms with Gasteiger partial charge in [-0.2, -0.15) is 4.52 Å². The second-order valence-corrected chi connectivity index (χ2v) is 7.22. The van der Waals surface area contributed by atoms with Crippen LogP contribution in [0.3, 0.4) is 0 Å². The van der Waals surface area contributed by atoms with Gasteiger partial charge in [0.1, 0.15) is 0 Å².